The van der Waals surface area contributed by atoms with Crippen LogP contribution < -0.4 is 9.64 Å². The number of benzene rings is 2. The van der Waals surface area contributed by atoms with Crippen LogP contribution in [0.4, 0.5) is 5.69 Å². The van der Waals surface area contributed by atoms with E-state index in [1.807, 2.05) is 12.1 Å². The molecule has 1 saturated heterocycles. The van der Waals surface area contributed by atoms with Gasteiger partial charge in [-0.1, -0.05) is 18.2 Å². The standard InChI is InChI=1S/C19H19NO4/c1-24-17-12-13(20-10-4-5-11-20)8-9-16(17)18(21)14-6-2-3-7-15(14)19(22)23/h2-3,6-9,12H,4-5,10-11H2,1H3,(H,22,23). The van der Waals surface area contributed by atoms with Crippen LogP contribution >= 0.6 is 0 Å². The molecule has 1 heterocycles. The van der Waals surface area contributed by atoms with Gasteiger partial charge in [-0.3, -0.25) is 4.79 Å². The normalized spacial score (nSPS) is 13.8. The molecule has 3 rings (SSSR count). The van der Waals surface area contributed by atoms with Crippen molar-refractivity contribution in [3.8, 4) is 5.75 Å². The first-order valence-corrected chi connectivity index (χ1v) is 7.92. The number of carbonyl (C=O) groups excluding carboxylic acids is 1. The molecule has 1 N–H and O–H groups in total. The highest BCUT2D eigenvalue weighted by molar-refractivity contribution is 6.15. The topological polar surface area (TPSA) is 66.8 Å². The lowest BCUT2D eigenvalue weighted by Gasteiger charge is -2.19. The lowest BCUT2D eigenvalue weighted by molar-refractivity contribution is 0.0692. The van der Waals surface area contributed by atoms with Gasteiger partial charge in [-0.25, -0.2) is 4.79 Å². The van der Waals surface area contributed by atoms with E-state index in [4.69, 9.17) is 4.74 Å². The molecule has 124 valence electrons. The number of ketones is 1. The van der Waals surface area contributed by atoms with Gasteiger partial charge in [0.15, 0.2) is 5.78 Å². The minimum absolute atomic E-state index is 0.00632. The van der Waals surface area contributed by atoms with E-state index in [2.05, 4.69) is 4.90 Å². The van der Waals surface area contributed by atoms with Gasteiger partial charge in [-0.2, -0.15) is 0 Å². The highest BCUT2D eigenvalue weighted by atomic mass is 16.5. The molecule has 0 unspecified atom stereocenters. The van der Waals surface area contributed by atoms with Crippen molar-refractivity contribution in [2.24, 2.45) is 0 Å². The number of anilines is 1. The summed E-state index contributed by atoms with van der Waals surface area (Å²) >= 11 is 0. The molecule has 0 amide bonds. The second kappa shape index (κ2) is 6.74. The largest absolute Gasteiger partial charge is 0.496 e. The second-order valence-electron chi connectivity index (χ2n) is 5.76. The first-order valence-electron chi connectivity index (χ1n) is 7.92. The summed E-state index contributed by atoms with van der Waals surface area (Å²) in [6, 6.07) is 11.7. The number of carboxylic acids is 1. The van der Waals surface area contributed by atoms with Crippen LogP contribution in [-0.2, 0) is 0 Å². The maximum Gasteiger partial charge on any atom is 0.336 e. The Kier molecular flexibility index (Phi) is 4.51. The third-order valence-corrected chi connectivity index (χ3v) is 4.30. The number of methoxy groups -OCH3 is 1. The Labute approximate surface area is 140 Å². The zero-order valence-corrected chi connectivity index (χ0v) is 13.5. The molecule has 0 bridgehead atoms. The first-order chi connectivity index (χ1) is 11.6. The third kappa shape index (κ3) is 2.97. The molecule has 0 aromatic heterocycles. The highest BCUT2D eigenvalue weighted by Gasteiger charge is 2.22. The van der Waals surface area contributed by atoms with Crippen LogP contribution in [0.1, 0.15) is 39.1 Å². The SMILES string of the molecule is COc1cc(N2CCCC2)ccc1C(=O)c1ccccc1C(=O)O. The lowest BCUT2D eigenvalue weighted by atomic mass is 9.97. The summed E-state index contributed by atoms with van der Waals surface area (Å²) in [6.07, 6.45) is 2.32. The fourth-order valence-corrected chi connectivity index (χ4v) is 3.05. The van der Waals surface area contributed by atoms with E-state index >= 15 is 0 Å². The minimum Gasteiger partial charge on any atom is -0.496 e. The van der Waals surface area contributed by atoms with Gasteiger partial charge >= 0.3 is 5.97 Å². The zero-order chi connectivity index (χ0) is 17.1. The van der Waals surface area contributed by atoms with Gasteiger partial charge in [0.05, 0.1) is 18.2 Å². The van der Waals surface area contributed by atoms with Gasteiger partial charge in [0.25, 0.3) is 0 Å². The molecular formula is C19H19NO4. The minimum atomic E-state index is -1.12. The molecule has 1 fully saturated rings. The number of carbonyl (C=O) groups is 2. The number of nitrogens with zero attached hydrogens (tertiary/aromatic N) is 1. The molecule has 1 aliphatic heterocycles. The molecule has 0 radical (unpaired) electrons. The Bertz CT molecular complexity index is 779. The predicted molar refractivity (Wildman–Crippen MR) is 91.3 cm³/mol. The predicted octanol–water partition coefficient (Wildman–Crippen LogP) is 3.22. The molecule has 5 heteroatoms. The van der Waals surface area contributed by atoms with E-state index in [1.54, 1.807) is 18.2 Å². The van der Waals surface area contributed by atoms with Crippen molar-refractivity contribution in [2.45, 2.75) is 12.8 Å². The Morgan fingerprint density at radius 3 is 2.29 bits per heavy atom. The first kappa shape index (κ1) is 16.1. The van der Waals surface area contributed by atoms with Crippen molar-refractivity contribution in [1.82, 2.24) is 0 Å². The van der Waals surface area contributed by atoms with E-state index in [9.17, 15) is 14.7 Å². The smallest absolute Gasteiger partial charge is 0.336 e. The Hall–Kier alpha value is -2.82. The van der Waals surface area contributed by atoms with Crippen LogP contribution in [0, 0.1) is 0 Å². The van der Waals surface area contributed by atoms with E-state index < -0.39 is 5.97 Å². The number of carboxylic acid groups (broad SMARTS) is 1. The number of rotatable bonds is 5. The lowest BCUT2D eigenvalue weighted by Crippen LogP contribution is -2.18. The summed E-state index contributed by atoms with van der Waals surface area (Å²) < 4.78 is 5.39. The van der Waals surface area contributed by atoms with Crippen LogP contribution in [0.15, 0.2) is 42.5 Å². The van der Waals surface area contributed by atoms with E-state index in [1.165, 1.54) is 19.2 Å². The number of ether oxygens (including phenoxy) is 1. The van der Waals surface area contributed by atoms with Crippen LogP contribution in [-0.4, -0.2) is 37.1 Å². The van der Waals surface area contributed by atoms with Gasteiger partial charge in [0, 0.05) is 30.4 Å². The van der Waals surface area contributed by atoms with E-state index in [0.717, 1.165) is 31.6 Å². The zero-order valence-electron chi connectivity index (χ0n) is 13.5. The summed E-state index contributed by atoms with van der Waals surface area (Å²) in [5.41, 5.74) is 1.55. The van der Waals surface area contributed by atoms with E-state index in [-0.39, 0.29) is 16.9 Å². The summed E-state index contributed by atoms with van der Waals surface area (Å²) in [7, 11) is 1.52. The number of hydrogen-bond donors (Lipinski definition) is 1. The summed E-state index contributed by atoms with van der Waals surface area (Å²) in [5, 5.41) is 9.29. The molecule has 0 atom stereocenters. The maximum atomic E-state index is 12.8. The molecule has 1 aliphatic rings. The molecule has 5 nitrogen and oxygen atoms in total. The molecule has 0 saturated carbocycles. The molecule has 0 aliphatic carbocycles. The van der Waals surface area contributed by atoms with Gasteiger partial charge in [0.2, 0.25) is 0 Å². The fourth-order valence-electron chi connectivity index (χ4n) is 3.05. The van der Waals surface area contributed by atoms with E-state index in [0.29, 0.717) is 11.3 Å². The third-order valence-electron chi connectivity index (χ3n) is 4.30. The fraction of sp³-hybridized carbons (Fsp3) is 0.263. The Morgan fingerprint density at radius 2 is 1.67 bits per heavy atom. The molecular weight excluding hydrogens is 306 g/mol. The number of hydrogen-bond acceptors (Lipinski definition) is 4. The molecule has 2 aromatic carbocycles. The van der Waals surface area contributed by atoms with Gasteiger partial charge in [-0.15, -0.1) is 0 Å². The monoisotopic (exact) mass is 325 g/mol. The maximum absolute atomic E-state index is 12.8. The molecule has 2 aromatic rings. The van der Waals surface area contributed by atoms with Crippen LogP contribution in [0.5, 0.6) is 5.75 Å². The van der Waals surface area contributed by atoms with Crippen LogP contribution in [0.2, 0.25) is 0 Å². The van der Waals surface area contributed by atoms with Crippen molar-refractivity contribution in [3.05, 3.63) is 59.2 Å². The number of aromatic carboxylic acids is 1. The second-order valence-corrected chi connectivity index (χ2v) is 5.76. The van der Waals surface area contributed by atoms with Crippen molar-refractivity contribution >= 4 is 17.4 Å². The van der Waals surface area contributed by atoms with Crippen molar-refractivity contribution in [2.75, 3.05) is 25.1 Å². The summed E-state index contributed by atoms with van der Waals surface area (Å²) in [6.45, 7) is 2.00. The quantitative estimate of drug-likeness (QED) is 0.855. The van der Waals surface area contributed by atoms with Crippen molar-refractivity contribution < 1.29 is 19.4 Å². The van der Waals surface area contributed by atoms with Gasteiger partial charge in [0.1, 0.15) is 5.75 Å². The average Bonchev–Trinajstić information content (AvgIpc) is 3.15. The molecule has 0 spiro atoms. The van der Waals surface area contributed by atoms with Crippen LogP contribution in [0.25, 0.3) is 0 Å². The Morgan fingerprint density at radius 1 is 1.00 bits per heavy atom. The van der Waals surface area contributed by atoms with Crippen molar-refractivity contribution in [1.29, 1.82) is 0 Å². The van der Waals surface area contributed by atoms with Gasteiger partial charge < -0.3 is 14.7 Å². The highest BCUT2D eigenvalue weighted by Crippen LogP contribution is 2.30. The van der Waals surface area contributed by atoms with Gasteiger partial charge in [-0.05, 0) is 31.0 Å². The summed E-state index contributed by atoms with van der Waals surface area (Å²) in [5.74, 6) is -1.01. The molecule has 24 heavy (non-hydrogen) atoms. The van der Waals surface area contributed by atoms with Crippen LogP contribution in [0.3, 0.4) is 0 Å². The Balaban J connectivity index is 1.99. The summed E-state index contributed by atoms with van der Waals surface area (Å²) in [4.78, 5) is 26.4. The average molecular weight is 325 g/mol. The van der Waals surface area contributed by atoms with Crippen molar-refractivity contribution in [3.63, 3.8) is 0 Å².